The molecular formula is C14H14FN3O2. The van der Waals surface area contributed by atoms with E-state index in [1.54, 1.807) is 6.07 Å². The number of ether oxygens (including phenoxy) is 1. The van der Waals surface area contributed by atoms with Crippen molar-refractivity contribution < 1.29 is 13.9 Å². The fraction of sp³-hybridized carbons (Fsp3) is 0.357. The predicted molar refractivity (Wildman–Crippen MR) is 71.8 cm³/mol. The summed E-state index contributed by atoms with van der Waals surface area (Å²) in [5.74, 6) is 2.19. The molecule has 0 atom stereocenters. The molecule has 1 saturated heterocycles. The molecule has 20 heavy (non-hydrogen) atoms. The summed E-state index contributed by atoms with van der Waals surface area (Å²) in [5, 5.41) is 6.29. The van der Waals surface area contributed by atoms with Crippen LogP contribution in [0.15, 0.2) is 12.1 Å². The molecule has 0 bridgehead atoms. The molecule has 3 rings (SSSR count). The molecule has 0 unspecified atom stereocenters. The van der Waals surface area contributed by atoms with Crippen molar-refractivity contribution >= 4 is 11.6 Å². The number of fused-ring (bicyclic) bond motifs is 1. The highest BCUT2D eigenvalue weighted by Gasteiger charge is 2.29. The lowest BCUT2D eigenvalue weighted by molar-refractivity contribution is -0.121. The molecule has 2 heterocycles. The van der Waals surface area contributed by atoms with Crippen molar-refractivity contribution in [3.05, 3.63) is 23.5 Å². The Morgan fingerprint density at radius 1 is 1.45 bits per heavy atom. The maximum atomic E-state index is 14.1. The van der Waals surface area contributed by atoms with E-state index < -0.39 is 0 Å². The molecule has 1 amide bonds. The second-order valence-electron chi connectivity index (χ2n) is 4.66. The fourth-order valence-electron chi connectivity index (χ4n) is 2.45. The molecule has 1 aromatic carbocycles. The first-order valence-corrected chi connectivity index (χ1v) is 6.37. The summed E-state index contributed by atoms with van der Waals surface area (Å²) in [5.41, 5.74) is 0.979. The largest absolute Gasteiger partial charge is 0.481 e. The molecule has 5 nitrogen and oxygen atoms in total. The summed E-state index contributed by atoms with van der Waals surface area (Å²) in [4.78, 5) is 13.3. The zero-order chi connectivity index (χ0) is 14.1. The minimum atomic E-state index is -0.370. The summed E-state index contributed by atoms with van der Waals surface area (Å²) >= 11 is 0. The summed E-state index contributed by atoms with van der Waals surface area (Å²) in [6, 6.07) is 2.93. The first-order valence-electron chi connectivity index (χ1n) is 6.37. The van der Waals surface area contributed by atoms with Gasteiger partial charge < -0.3 is 4.74 Å². The number of hydrogen-bond donors (Lipinski definition) is 2. The Hall–Kier alpha value is -2.10. The minimum Gasteiger partial charge on any atom is -0.481 e. The molecule has 2 aliphatic rings. The summed E-state index contributed by atoms with van der Waals surface area (Å²) in [6.07, 6.45) is 5.03. The topological polar surface area (TPSA) is 53.6 Å². The van der Waals surface area contributed by atoms with E-state index in [9.17, 15) is 9.18 Å². The fourth-order valence-corrected chi connectivity index (χ4v) is 2.45. The molecule has 1 aromatic rings. The van der Waals surface area contributed by atoms with E-state index in [0.29, 0.717) is 17.0 Å². The number of hydrogen-bond acceptors (Lipinski definition) is 4. The quantitative estimate of drug-likeness (QED) is 0.766. The van der Waals surface area contributed by atoms with Crippen LogP contribution in [0.25, 0.3) is 0 Å². The molecule has 2 N–H and O–H groups in total. The van der Waals surface area contributed by atoms with Gasteiger partial charge in [0.1, 0.15) is 11.6 Å². The maximum Gasteiger partial charge on any atom is 0.265 e. The second kappa shape index (κ2) is 5.12. The molecular weight excluding hydrogens is 261 g/mol. The third-order valence-electron chi connectivity index (χ3n) is 3.40. The standard InChI is InChI=1S/C14H14FN3O2/c1-2-5-18-11-6-9(14-16-3-4-17-14)10(15)7-12(11)20-8-13(18)19/h1,6-7,14,16-17H,3-5,8H2. The van der Waals surface area contributed by atoms with Crippen LogP contribution in [0.3, 0.4) is 0 Å². The van der Waals surface area contributed by atoms with Crippen molar-refractivity contribution in [2.45, 2.75) is 6.17 Å². The second-order valence-corrected chi connectivity index (χ2v) is 4.66. The highest BCUT2D eigenvalue weighted by molar-refractivity contribution is 5.98. The summed E-state index contributed by atoms with van der Waals surface area (Å²) < 4.78 is 19.4. The van der Waals surface area contributed by atoms with Crippen LogP contribution in [0.2, 0.25) is 0 Å². The number of anilines is 1. The molecule has 0 radical (unpaired) electrons. The third-order valence-corrected chi connectivity index (χ3v) is 3.40. The Morgan fingerprint density at radius 3 is 2.90 bits per heavy atom. The van der Waals surface area contributed by atoms with Gasteiger partial charge in [0.15, 0.2) is 6.61 Å². The van der Waals surface area contributed by atoms with Gasteiger partial charge in [0, 0.05) is 24.7 Å². The van der Waals surface area contributed by atoms with Crippen LogP contribution < -0.4 is 20.3 Å². The van der Waals surface area contributed by atoms with Gasteiger partial charge in [0.25, 0.3) is 5.91 Å². The highest BCUT2D eigenvalue weighted by atomic mass is 19.1. The van der Waals surface area contributed by atoms with E-state index in [1.165, 1.54) is 11.0 Å². The molecule has 2 aliphatic heterocycles. The minimum absolute atomic E-state index is 0.118. The van der Waals surface area contributed by atoms with E-state index in [-0.39, 0.29) is 31.0 Å². The van der Waals surface area contributed by atoms with Crippen LogP contribution >= 0.6 is 0 Å². The van der Waals surface area contributed by atoms with Gasteiger partial charge in [-0.2, -0.15) is 0 Å². The van der Waals surface area contributed by atoms with Crippen molar-refractivity contribution in [3.8, 4) is 18.1 Å². The zero-order valence-corrected chi connectivity index (χ0v) is 10.8. The lowest BCUT2D eigenvalue weighted by atomic mass is 10.1. The number of halogens is 1. The normalized spacial score (nSPS) is 18.6. The third kappa shape index (κ3) is 2.11. The van der Waals surface area contributed by atoms with Crippen molar-refractivity contribution in [2.75, 3.05) is 31.1 Å². The highest BCUT2D eigenvalue weighted by Crippen LogP contribution is 2.36. The Kier molecular flexibility index (Phi) is 3.30. The molecule has 0 spiro atoms. The first kappa shape index (κ1) is 12.9. The number of amides is 1. The molecule has 6 heteroatoms. The van der Waals surface area contributed by atoms with Gasteiger partial charge in [-0.25, -0.2) is 4.39 Å². The van der Waals surface area contributed by atoms with Crippen LogP contribution in [0.4, 0.5) is 10.1 Å². The van der Waals surface area contributed by atoms with Gasteiger partial charge >= 0.3 is 0 Å². The van der Waals surface area contributed by atoms with E-state index in [4.69, 9.17) is 11.2 Å². The molecule has 104 valence electrons. The lowest BCUT2D eigenvalue weighted by Gasteiger charge is -2.29. The summed E-state index contributed by atoms with van der Waals surface area (Å²) in [7, 11) is 0. The first-order chi connectivity index (χ1) is 9.70. The number of rotatable bonds is 2. The van der Waals surface area contributed by atoms with Crippen LogP contribution in [-0.4, -0.2) is 32.1 Å². The van der Waals surface area contributed by atoms with Gasteiger partial charge in [0.2, 0.25) is 0 Å². The van der Waals surface area contributed by atoms with Crippen LogP contribution in [0.1, 0.15) is 11.7 Å². The van der Waals surface area contributed by atoms with Crippen LogP contribution in [-0.2, 0) is 4.79 Å². The van der Waals surface area contributed by atoms with E-state index in [0.717, 1.165) is 13.1 Å². The SMILES string of the molecule is C#CCN1C(=O)COc2cc(F)c(C3NCCN3)cc21. The van der Waals surface area contributed by atoms with Gasteiger partial charge in [-0.05, 0) is 6.07 Å². The maximum absolute atomic E-state index is 14.1. The van der Waals surface area contributed by atoms with Gasteiger partial charge in [0.05, 0.1) is 18.4 Å². The molecule has 0 aromatic heterocycles. The average molecular weight is 275 g/mol. The Balaban J connectivity index is 2.04. The lowest BCUT2D eigenvalue weighted by Crippen LogP contribution is -2.39. The van der Waals surface area contributed by atoms with Crippen LogP contribution in [0, 0.1) is 18.2 Å². The van der Waals surface area contributed by atoms with Crippen molar-refractivity contribution in [3.63, 3.8) is 0 Å². The molecule has 0 aliphatic carbocycles. The van der Waals surface area contributed by atoms with Crippen molar-refractivity contribution in [1.29, 1.82) is 0 Å². The summed E-state index contributed by atoms with van der Waals surface area (Å²) in [6.45, 7) is 1.56. The number of nitrogens with zero attached hydrogens (tertiary/aromatic N) is 1. The molecule has 0 saturated carbocycles. The number of benzene rings is 1. The number of carbonyl (C=O) groups is 1. The molecule has 1 fully saturated rings. The van der Waals surface area contributed by atoms with Crippen molar-refractivity contribution in [2.24, 2.45) is 0 Å². The van der Waals surface area contributed by atoms with Crippen LogP contribution in [0.5, 0.6) is 5.75 Å². The van der Waals surface area contributed by atoms with Gasteiger partial charge in [-0.3, -0.25) is 20.3 Å². The Bertz CT molecular complexity index is 591. The van der Waals surface area contributed by atoms with E-state index in [2.05, 4.69) is 16.6 Å². The van der Waals surface area contributed by atoms with E-state index >= 15 is 0 Å². The van der Waals surface area contributed by atoms with Gasteiger partial charge in [-0.1, -0.05) is 5.92 Å². The smallest absolute Gasteiger partial charge is 0.265 e. The predicted octanol–water partition coefficient (Wildman–Crippen LogP) is 0.376. The number of carbonyl (C=O) groups excluding carboxylic acids is 1. The number of terminal acetylenes is 1. The monoisotopic (exact) mass is 275 g/mol. The van der Waals surface area contributed by atoms with E-state index in [1.807, 2.05) is 0 Å². The number of nitrogens with one attached hydrogen (secondary N) is 2. The average Bonchev–Trinajstić information content (AvgIpc) is 2.95. The Morgan fingerprint density at radius 2 is 2.20 bits per heavy atom. The Labute approximate surface area is 116 Å². The van der Waals surface area contributed by atoms with Gasteiger partial charge in [-0.15, -0.1) is 6.42 Å². The van der Waals surface area contributed by atoms with Crippen molar-refractivity contribution in [1.82, 2.24) is 10.6 Å². The zero-order valence-electron chi connectivity index (χ0n) is 10.8.